The number of hydrogen-bond donors (Lipinski definition) is 0. The van der Waals surface area contributed by atoms with Gasteiger partial charge in [0.25, 0.3) is 5.56 Å². The van der Waals surface area contributed by atoms with Gasteiger partial charge in [-0.05, 0) is 18.1 Å². The van der Waals surface area contributed by atoms with E-state index in [-0.39, 0.29) is 11.2 Å². The van der Waals surface area contributed by atoms with Gasteiger partial charge in [-0.25, -0.2) is 9.78 Å². The smallest absolute Gasteiger partial charge is 0.320 e. The summed E-state index contributed by atoms with van der Waals surface area (Å²) in [6.45, 7) is 2.58. The average molecular weight is 284 g/mol. The van der Waals surface area contributed by atoms with Gasteiger partial charge >= 0.3 is 5.69 Å². The first kappa shape index (κ1) is 13.4. The van der Waals surface area contributed by atoms with E-state index >= 15 is 0 Å². The largest absolute Gasteiger partial charge is 0.332 e. The van der Waals surface area contributed by atoms with E-state index in [1.54, 1.807) is 17.9 Å². The molecular formula is C15H16N4O2. The maximum atomic E-state index is 12.3. The Morgan fingerprint density at radius 1 is 1.10 bits per heavy atom. The molecule has 0 aliphatic heterocycles. The molecule has 0 atom stereocenters. The Bertz CT molecular complexity index is 946. The first-order valence-electron chi connectivity index (χ1n) is 6.66. The molecule has 0 N–H and O–H groups in total. The SMILES string of the molecule is Cc1ccccc1Cn1cnc2c1c(=O)n(C)c(=O)n2C. The molecule has 0 saturated heterocycles. The molecule has 3 rings (SSSR count). The molecule has 0 aliphatic carbocycles. The van der Waals surface area contributed by atoms with Crippen LogP contribution < -0.4 is 11.2 Å². The summed E-state index contributed by atoms with van der Waals surface area (Å²) in [6.07, 6.45) is 1.61. The van der Waals surface area contributed by atoms with Crippen molar-refractivity contribution in [3.8, 4) is 0 Å². The summed E-state index contributed by atoms with van der Waals surface area (Å²) >= 11 is 0. The van der Waals surface area contributed by atoms with E-state index < -0.39 is 0 Å². The number of benzene rings is 1. The molecule has 6 nitrogen and oxygen atoms in total. The van der Waals surface area contributed by atoms with Gasteiger partial charge in [-0.1, -0.05) is 24.3 Å². The van der Waals surface area contributed by atoms with Crippen molar-refractivity contribution in [2.24, 2.45) is 14.1 Å². The molecule has 3 aromatic rings. The summed E-state index contributed by atoms with van der Waals surface area (Å²) in [7, 11) is 3.10. The van der Waals surface area contributed by atoms with E-state index in [1.807, 2.05) is 31.2 Å². The third kappa shape index (κ3) is 1.99. The molecule has 0 amide bonds. The zero-order chi connectivity index (χ0) is 15.1. The van der Waals surface area contributed by atoms with Crippen LogP contribution in [0, 0.1) is 6.92 Å². The van der Waals surface area contributed by atoms with Gasteiger partial charge < -0.3 is 4.57 Å². The standard InChI is InChI=1S/C15H16N4O2/c1-10-6-4-5-7-11(10)8-19-9-16-13-12(19)14(20)18(3)15(21)17(13)2/h4-7,9H,8H2,1-3H3. The molecule has 0 bridgehead atoms. The predicted molar refractivity (Wildman–Crippen MR) is 80.5 cm³/mol. The molecule has 6 heteroatoms. The van der Waals surface area contributed by atoms with Crippen molar-refractivity contribution in [1.29, 1.82) is 0 Å². The number of rotatable bonds is 2. The summed E-state index contributed by atoms with van der Waals surface area (Å²) in [6, 6.07) is 8.00. The third-order valence-corrected chi connectivity index (χ3v) is 3.82. The third-order valence-electron chi connectivity index (χ3n) is 3.82. The zero-order valence-electron chi connectivity index (χ0n) is 12.2. The van der Waals surface area contributed by atoms with Gasteiger partial charge in [0.15, 0.2) is 11.2 Å². The molecule has 2 heterocycles. The fourth-order valence-corrected chi connectivity index (χ4v) is 2.49. The van der Waals surface area contributed by atoms with Crippen LogP contribution in [-0.2, 0) is 20.6 Å². The van der Waals surface area contributed by atoms with Crippen LogP contribution in [0.2, 0.25) is 0 Å². The van der Waals surface area contributed by atoms with Gasteiger partial charge in [-0.3, -0.25) is 13.9 Å². The van der Waals surface area contributed by atoms with Crippen molar-refractivity contribution < 1.29 is 0 Å². The highest BCUT2D eigenvalue weighted by Gasteiger charge is 2.14. The van der Waals surface area contributed by atoms with E-state index in [9.17, 15) is 9.59 Å². The monoisotopic (exact) mass is 284 g/mol. The maximum absolute atomic E-state index is 12.3. The molecule has 0 fully saturated rings. The van der Waals surface area contributed by atoms with E-state index in [0.717, 1.165) is 15.7 Å². The van der Waals surface area contributed by atoms with Gasteiger partial charge in [0.2, 0.25) is 0 Å². The molecule has 2 aromatic heterocycles. The topological polar surface area (TPSA) is 61.8 Å². The number of hydrogen-bond acceptors (Lipinski definition) is 3. The normalized spacial score (nSPS) is 11.2. The van der Waals surface area contributed by atoms with E-state index in [4.69, 9.17) is 0 Å². The van der Waals surface area contributed by atoms with E-state index in [1.165, 1.54) is 11.6 Å². The molecule has 0 radical (unpaired) electrons. The summed E-state index contributed by atoms with van der Waals surface area (Å²) in [5, 5.41) is 0. The van der Waals surface area contributed by atoms with Crippen LogP contribution >= 0.6 is 0 Å². The molecular weight excluding hydrogens is 268 g/mol. The molecule has 0 saturated carbocycles. The lowest BCUT2D eigenvalue weighted by Crippen LogP contribution is -2.37. The first-order valence-corrected chi connectivity index (χ1v) is 6.66. The van der Waals surface area contributed by atoms with Gasteiger partial charge in [0.05, 0.1) is 6.33 Å². The maximum Gasteiger partial charge on any atom is 0.332 e. The first-order chi connectivity index (χ1) is 10.0. The minimum absolute atomic E-state index is 0.320. The second-order valence-electron chi connectivity index (χ2n) is 5.18. The summed E-state index contributed by atoms with van der Waals surface area (Å²) < 4.78 is 4.29. The highest BCUT2D eigenvalue weighted by molar-refractivity contribution is 5.70. The molecule has 0 spiro atoms. The minimum Gasteiger partial charge on any atom is -0.320 e. The van der Waals surface area contributed by atoms with Gasteiger partial charge in [0, 0.05) is 20.6 Å². The Hall–Kier alpha value is -2.63. The molecule has 1 aromatic carbocycles. The number of nitrogens with zero attached hydrogens (tertiary/aromatic N) is 4. The Labute approximate surface area is 120 Å². The summed E-state index contributed by atoms with van der Waals surface area (Å²) in [5.74, 6) is 0. The molecule has 108 valence electrons. The minimum atomic E-state index is -0.367. The zero-order valence-corrected chi connectivity index (χ0v) is 12.2. The van der Waals surface area contributed by atoms with Crippen molar-refractivity contribution in [2.75, 3.05) is 0 Å². The van der Waals surface area contributed by atoms with Crippen molar-refractivity contribution in [1.82, 2.24) is 18.7 Å². The highest BCUT2D eigenvalue weighted by Crippen LogP contribution is 2.12. The van der Waals surface area contributed by atoms with Crippen molar-refractivity contribution in [3.05, 3.63) is 62.6 Å². The van der Waals surface area contributed by atoms with Crippen molar-refractivity contribution >= 4 is 11.2 Å². The quantitative estimate of drug-likeness (QED) is 0.699. The fourth-order valence-electron chi connectivity index (χ4n) is 2.49. The Kier molecular flexibility index (Phi) is 3.01. The van der Waals surface area contributed by atoms with Crippen LogP contribution in [0.25, 0.3) is 11.2 Å². The van der Waals surface area contributed by atoms with Crippen LogP contribution in [0.1, 0.15) is 11.1 Å². The number of aryl methyl sites for hydroxylation is 2. The Morgan fingerprint density at radius 2 is 1.81 bits per heavy atom. The summed E-state index contributed by atoms with van der Waals surface area (Å²) in [4.78, 5) is 28.5. The van der Waals surface area contributed by atoms with Crippen LogP contribution in [0.3, 0.4) is 0 Å². The predicted octanol–water partition coefficient (Wildman–Crippen LogP) is 0.790. The molecule has 0 unspecified atom stereocenters. The van der Waals surface area contributed by atoms with Crippen molar-refractivity contribution in [3.63, 3.8) is 0 Å². The van der Waals surface area contributed by atoms with Crippen LogP contribution in [0.4, 0.5) is 0 Å². The van der Waals surface area contributed by atoms with Gasteiger partial charge in [0.1, 0.15) is 0 Å². The fraction of sp³-hybridized carbons (Fsp3) is 0.267. The Morgan fingerprint density at radius 3 is 2.52 bits per heavy atom. The number of aromatic nitrogens is 4. The van der Waals surface area contributed by atoms with Crippen LogP contribution in [0.15, 0.2) is 40.2 Å². The van der Waals surface area contributed by atoms with Crippen LogP contribution in [0.5, 0.6) is 0 Å². The summed E-state index contributed by atoms with van der Waals surface area (Å²) in [5.41, 5.74) is 2.45. The van der Waals surface area contributed by atoms with E-state index in [0.29, 0.717) is 17.7 Å². The highest BCUT2D eigenvalue weighted by atomic mass is 16.2. The number of fused-ring (bicyclic) bond motifs is 1. The average Bonchev–Trinajstić information content (AvgIpc) is 2.89. The lowest BCUT2D eigenvalue weighted by Gasteiger charge is -2.08. The van der Waals surface area contributed by atoms with Gasteiger partial charge in [-0.15, -0.1) is 0 Å². The lowest BCUT2D eigenvalue weighted by molar-refractivity contribution is 0.702. The second kappa shape index (κ2) is 4.73. The van der Waals surface area contributed by atoms with Crippen molar-refractivity contribution in [2.45, 2.75) is 13.5 Å². The second-order valence-corrected chi connectivity index (χ2v) is 5.18. The Balaban J connectivity index is 2.24. The molecule has 0 aliphatic rings. The molecule has 21 heavy (non-hydrogen) atoms. The van der Waals surface area contributed by atoms with Crippen LogP contribution in [-0.4, -0.2) is 18.7 Å². The number of imidazole rings is 1. The lowest BCUT2D eigenvalue weighted by atomic mass is 10.1. The van der Waals surface area contributed by atoms with E-state index in [2.05, 4.69) is 4.98 Å². The van der Waals surface area contributed by atoms with Gasteiger partial charge in [-0.2, -0.15) is 0 Å².